The van der Waals surface area contributed by atoms with E-state index in [4.69, 9.17) is 10.7 Å². The van der Waals surface area contributed by atoms with Crippen LogP contribution in [-0.4, -0.2) is 16.7 Å². The number of ketones is 1. The van der Waals surface area contributed by atoms with Gasteiger partial charge in [0.15, 0.2) is 5.78 Å². The van der Waals surface area contributed by atoms with E-state index in [-0.39, 0.29) is 11.7 Å². The lowest BCUT2D eigenvalue weighted by Crippen LogP contribution is -2.12. The Bertz CT molecular complexity index is 2040. The van der Waals surface area contributed by atoms with Gasteiger partial charge in [-0.05, 0) is 71.5 Å². The van der Waals surface area contributed by atoms with Crippen LogP contribution in [0.3, 0.4) is 0 Å². The van der Waals surface area contributed by atoms with Crippen LogP contribution in [0.25, 0.3) is 38.7 Å². The Hall–Kier alpha value is -5.33. The third kappa shape index (κ3) is 6.47. The lowest BCUT2D eigenvalue weighted by Gasteiger charge is -2.10. The molecule has 0 aliphatic rings. The topological polar surface area (TPSA) is 85.1 Å². The molecule has 0 saturated heterocycles. The first-order valence-electron chi connectivity index (χ1n) is 14.9. The predicted molar refractivity (Wildman–Crippen MR) is 188 cm³/mol. The lowest BCUT2D eigenvalue weighted by atomic mass is 9.98. The Morgan fingerprint density at radius 3 is 2.24 bits per heavy atom. The van der Waals surface area contributed by atoms with Crippen molar-refractivity contribution in [2.24, 2.45) is 0 Å². The molecule has 0 aliphatic heterocycles. The fourth-order valence-electron chi connectivity index (χ4n) is 5.25. The average molecular weight is 608 g/mol. The monoisotopic (exact) mass is 607 g/mol. The van der Waals surface area contributed by atoms with E-state index in [1.807, 2.05) is 66.7 Å². The van der Waals surface area contributed by atoms with Crippen molar-refractivity contribution in [3.05, 3.63) is 142 Å². The van der Waals surface area contributed by atoms with E-state index < -0.39 is 0 Å². The molecule has 0 spiro atoms. The van der Waals surface area contributed by atoms with Crippen LogP contribution < -0.4 is 11.1 Å². The number of carbonyl (C=O) groups is 2. The summed E-state index contributed by atoms with van der Waals surface area (Å²) < 4.78 is 0. The molecule has 0 radical (unpaired) electrons. The summed E-state index contributed by atoms with van der Waals surface area (Å²) in [6.45, 7) is 6.36. The summed E-state index contributed by atoms with van der Waals surface area (Å²) in [5, 5.41) is 3.71. The van der Waals surface area contributed by atoms with Crippen LogP contribution in [0.15, 0.2) is 115 Å². The molecule has 3 N–H and O–H groups in total. The maximum Gasteiger partial charge on any atom is 0.267 e. The molecule has 2 heterocycles. The third-order valence-electron chi connectivity index (χ3n) is 7.76. The molecule has 2 aromatic heterocycles. The van der Waals surface area contributed by atoms with Crippen molar-refractivity contribution in [2.75, 3.05) is 11.1 Å². The first kappa shape index (κ1) is 29.7. The fourth-order valence-corrected chi connectivity index (χ4v) is 6.27. The van der Waals surface area contributed by atoms with Crippen molar-refractivity contribution in [3.8, 4) is 22.4 Å². The quantitative estimate of drug-likeness (QED) is 0.133. The molecule has 0 aliphatic carbocycles. The van der Waals surface area contributed by atoms with E-state index in [2.05, 4.69) is 50.4 Å². The van der Waals surface area contributed by atoms with E-state index in [1.165, 1.54) is 16.9 Å². The number of nitrogens with zero attached hydrogens (tertiary/aromatic N) is 1. The number of benzene rings is 4. The number of allylic oxidation sites excluding steroid dienone is 1. The predicted octanol–water partition coefficient (Wildman–Crippen LogP) is 9.79. The number of aromatic nitrogens is 1. The Morgan fingerprint density at radius 2 is 1.56 bits per heavy atom. The summed E-state index contributed by atoms with van der Waals surface area (Å²) in [6.07, 6.45) is 3.38. The second kappa shape index (κ2) is 12.7. The highest BCUT2D eigenvalue weighted by atomic mass is 32.1. The van der Waals surface area contributed by atoms with Crippen molar-refractivity contribution in [1.82, 2.24) is 4.98 Å². The third-order valence-corrected chi connectivity index (χ3v) is 8.86. The molecular weight excluding hydrogens is 575 g/mol. The summed E-state index contributed by atoms with van der Waals surface area (Å²) >= 11 is 1.28. The van der Waals surface area contributed by atoms with Gasteiger partial charge in [-0.25, -0.2) is 4.98 Å². The first-order valence-corrected chi connectivity index (χ1v) is 15.7. The number of hydrogen-bond acceptors (Lipinski definition) is 5. The molecule has 5 nitrogen and oxygen atoms in total. The molecule has 45 heavy (non-hydrogen) atoms. The number of amides is 1. The van der Waals surface area contributed by atoms with Gasteiger partial charge in [0.2, 0.25) is 0 Å². The molecule has 222 valence electrons. The highest BCUT2D eigenvalue weighted by Crippen LogP contribution is 2.41. The van der Waals surface area contributed by atoms with Crippen molar-refractivity contribution in [3.63, 3.8) is 0 Å². The molecule has 4 aromatic carbocycles. The molecule has 0 unspecified atom stereocenters. The Balaban J connectivity index is 1.25. The summed E-state index contributed by atoms with van der Waals surface area (Å²) in [7, 11) is 0. The highest BCUT2D eigenvalue weighted by molar-refractivity contribution is 7.21. The maximum absolute atomic E-state index is 13.5. The van der Waals surface area contributed by atoms with Gasteiger partial charge >= 0.3 is 0 Å². The minimum absolute atomic E-state index is 0.112. The molecule has 0 fully saturated rings. The van der Waals surface area contributed by atoms with Crippen LogP contribution >= 0.6 is 11.3 Å². The number of thiophene rings is 1. The molecule has 6 heteroatoms. The fraction of sp³-hybridized carbons (Fsp3) is 0.103. The van der Waals surface area contributed by atoms with Gasteiger partial charge in [0, 0.05) is 22.2 Å². The van der Waals surface area contributed by atoms with Crippen molar-refractivity contribution < 1.29 is 9.59 Å². The number of rotatable bonds is 8. The van der Waals surface area contributed by atoms with Gasteiger partial charge in [0.25, 0.3) is 5.91 Å². The minimum atomic E-state index is -0.323. The molecule has 0 saturated carbocycles. The van der Waals surface area contributed by atoms with Crippen LogP contribution in [0, 0.1) is 6.92 Å². The minimum Gasteiger partial charge on any atom is -0.397 e. The van der Waals surface area contributed by atoms with Crippen LogP contribution in [0.4, 0.5) is 11.4 Å². The normalized spacial score (nSPS) is 11.4. The Labute approximate surface area is 267 Å². The van der Waals surface area contributed by atoms with Crippen LogP contribution in [0.1, 0.15) is 56.5 Å². The van der Waals surface area contributed by atoms with Gasteiger partial charge in [-0.15, -0.1) is 11.3 Å². The zero-order valence-corrected chi connectivity index (χ0v) is 26.2. The van der Waals surface area contributed by atoms with Crippen LogP contribution in [0.2, 0.25) is 0 Å². The van der Waals surface area contributed by atoms with Crippen LogP contribution in [0.5, 0.6) is 0 Å². The number of hydrogen-bond donors (Lipinski definition) is 2. The molecule has 0 atom stereocenters. The van der Waals surface area contributed by atoms with Gasteiger partial charge in [-0.3, -0.25) is 9.59 Å². The summed E-state index contributed by atoms with van der Waals surface area (Å²) in [5.41, 5.74) is 15.3. The Kier molecular flexibility index (Phi) is 8.41. The zero-order valence-electron chi connectivity index (χ0n) is 25.4. The van der Waals surface area contributed by atoms with Gasteiger partial charge < -0.3 is 11.1 Å². The van der Waals surface area contributed by atoms with E-state index in [0.29, 0.717) is 32.6 Å². The van der Waals surface area contributed by atoms with E-state index >= 15 is 0 Å². The van der Waals surface area contributed by atoms with Gasteiger partial charge in [0.1, 0.15) is 9.71 Å². The number of nitrogens with two attached hydrogens (primary N) is 1. The summed E-state index contributed by atoms with van der Waals surface area (Å²) in [6, 6.07) is 35.3. The number of aryl methyl sites for hydroxylation is 1. The van der Waals surface area contributed by atoms with Crippen molar-refractivity contribution in [1.29, 1.82) is 0 Å². The molecular formula is C39H33N3O2S. The molecule has 6 aromatic rings. The van der Waals surface area contributed by atoms with Crippen molar-refractivity contribution >= 4 is 50.7 Å². The number of fused-ring (bicyclic) bond motifs is 1. The number of anilines is 2. The number of carbonyl (C=O) groups excluding carboxylic acids is 2. The highest BCUT2D eigenvalue weighted by Gasteiger charge is 2.22. The van der Waals surface area contributed by atoms with E-state index in [9.17, 15) is 9.59 Å². The number of nitrogen functional groups attached to an aromatic ring is 1. The zero-order chi connectivity index (χ0) is 31.5. The first-order chi connectivity index (χ1) is 21.8. The summed E-state index contributed by atoms with van der Waals surface area (Å²) in [5.74, 6) is 0.0218. The van der Waals surface area contributed by atoms with Gasteiger partial charge in [0.05, 0.1) is 11.4 Å². The summed E-state index contributed by atoms with van der Waals surface area (Å²) in [4.78, 5) is 32.3. The Morgan fingerprint density at radius 1 is 0.844 bits per heavy atom. The lowest BCUT2D eigenvalue weighted by molar-refractivity contribution is 0.102. The van der Waals surface area contributed by atoms with Gasteiger partial charge in [-0.1, -0.05) is 104 Å². The number of pyridine rings is 1. The number of nitrogens with one attached hydrogen (secondary N) is 1. The van der Waals surface area contributed by atoms with Gasteiger partial charge in [-0.2, -0.15) is 0 Å². The molecule has 6 rings (SSSR count). The SMILES string of the molecule is Cc1cccc(-c2cc(-c3ccccc3)nc3sc(C(=O)Nc4ccc(C(=O)/C=C/c5ccc(C(C)C)cc5)cc4)c(N)c23)c1. The van der Waals surface area contributed by atoms with E-state index in [1.54, 1.807) is 30.3 Å². The standard InChI is InChI=1S/C39H33N3O2S/c1-24(2)27-15-12-26(13-16-27)14-21-34(43)29-17-19-31(20-18-29)41-38(44)37-36(40)35-32(30-11-7-8-25(3)22-30)23-33(42-39(35)45-37)28-9-5-4-6-10-28/h4-24H,40H2,1-3H3,(H,41,44)/b21-14+. The van der Waals surface area contributed by atoms with Crippen LogP contribution in [-0.2, 0) is 0 Å². The van der Waals surface area contributed by atoms with Crippen molar-refractivity contribution in [2.45, 2.75) is 26.7 Å². The largest absolute Gasteiger partial charge is 0.397 e. The second-order valence-corrected chi connectivity index (χ2v) is 12.4. The maximum atomic E-state index is 13.5. The molecule has 0 bridgehead atoms. The molecule has 1 amide bonds. The van der Waals surface area contributed by atoms with E-state index in [0.717, 1.165) is 38.9 Å². The average Bonchev–Trinajstić information content (AvgIpc) is 3.40. The smallest absolute Gasteiger partial charge is 0.267 e. The second-order valence-electron chi connectivity index (χ2n) is 11.4.